The van der Waals surface area contributed by atoms with E-state index in [0.717, 1.165) is 24.2 Å². The molecule has 0 fully saturated rings. The Bertz CT molecular complexity index is 528. The van der Waals surface area contributed by atoms with Gasteiger partial charge in [-0.2, -0.15) is 4.98 Å². The van der Waals surface area contributed by atoms with Crippen molar-refractivity contribution in [2.24, 2.45) is 0 Å². The van der Waals surface area contributed by atoms with Gasteiger partial charge in [0.1, 0.15) is 6.54 Å². The van der Waals surface area contributed by atoms with Crippen LogP contribution in [0.15, 0.2) is 23.0 Å². The lowest BCUT2D eigenvalue weighted by molar-refractivity contribution is 0.0988. The lowest BCUT2D eigenvalue weighted by Gasteiger charge is -1.96. The molecule has 0 aliphatic rings. The number of carbonyl (C=O) groups is 1. The summed E-state index contributed by atoms with van der Waals surface area (Å²) in [6.07, 6.45) is 6.01. The predicted octanol–water partition coefficient (Wildman–Crippen LogP) is 2.46. The largest absolute Gasteiger partial charge is 0.344 e. The second-order valence-electron chi connectivity index (χ2n) is 4.20. The molecule has 0 N–H and O–H groups in total. The number of ketones is 1. The van der Waals surface area contributed by atoms with E-state index in [1.807, 2.05) is 30.0 Å². The smallest absolute Gasteiger partial charge is 0.246 e. The van der Waals surface area contributed by atoms with Crippen molar-refractivity contribution in [1.82, 2.24) is 14.7 Å². The first-order valence-electron chi connectivity index (χ1n) is 6.23. The number of hydrogen-bond donors (Lipinski definition) is 0. The molecule has 96 valence electrons. The normalized spacial score (nSPS) is 10.8. The lowest BCUT2D eigenvalue weighted by Crippen LogP contribution is -1.98. The molecule has 0 unspecified atom stereocenters. The molecule has 0 atom stereocenters. The van der Waals surface area contributed by atoms with Gasteiger partial charge in [0.05, 0.1) is 0 Å². The Kier molecular flexibility index (Phi) is 3.92. The van der Waals surface area contributed by atoms with Crippen molar-refractivity contribution >= 4 is 5.78 Å². The molecular formula is C13H17N3O2. The number of carbonyl (C=O) groups excluding carboxylic acids is 1. The Labute approximate surface area is 106 Å². The Morgan fingerprint density at radius 1 is 1.44 bits per heavy atom. The molecule has 2 rings (SSSR count). The van der Waals surface area contributed by atoms with Gasteiger partial charge in [0.25, 0.3) is 0 Å². The topological polar surface area (TPSA) is 60.9 Å². The molecule has 0 aliphatic carbocycles. The molecule has 0 saturated heterocycles. The zero-order valence-electron chi connectivity index (χ0n) is 10.7. The molecule has 2 aromatic rings. The van der Waals surface area contributed by atoms with E-state index in [1.54, 1.807) is 0 Å². The van der Waals surface area contributed by atoms with E-state index in [-0.39, 0.29) is 5.78 Å². The van der Waals surface area contributed by atoms with E-state index in [4.69, 9.17) is 4.52 Å². The quantitative estimate of drug-likeness (QED) is 0.736. The Morgan fingerprint density at radius 2 is 2.28 bits per heavy atom. The minimum atomic E-state index is 0.144. The summed E-state index contributed by atoms with van der Waals surface area (Å²) < 4.78 is 7.03. The minimum absolute atomic E-state index is 0.144. The molecule has 0 aromatic carbocycles. The second-order valence-corrected chi connectivity index (χ2v) is 4.20. The van der Waals surface area contributed by atoms with Crippen molar-refractivity contribution in [3.05, 3.63) is 35.7 Å². The van der Waals surface area contributed by atoms with Crippen molar-refractivity contribution in [2.75, 3.05) is 0 Å². The van der Waals surface area contributed by atoms with E-state index in [0.29, 0.717) is 18.9 Å². The predicted molar refractivity (Wildman–Crippen MR) is 66.4 cm³/mol. The zero-order valence-corrected chi connectivity index (χ0v) is 10.7. The fourth-order valence-corrected chi connectivity index (χ4v) is 1.74. The SMILES string of the molecule is CCCc1noc(Cn2ccc(C(=O)CC)c2)n1. The van der Waals surface area contributed by atoms with Crippen molar-refractivity contribution in [1.29, 1.82) is 0 Å². The van der Waals surface area contributed by atoms with Gasteiger partial charge >= 0.3 is 0 Å². The number of aromatic nitrogens is 3. The molecule has 0 saturated carbocycles. The number of rotatable bonds is 6. The third-order valence-electron chi connectivity index (χ3n) is 2.70. The highest BCUT2D eigenvalue weighted by molar-refractivity contribution is 5.95. The minimum Gasteiger partial charge on any atom is -0.344 e. The van der Waals surface area contributed by atoms with Crippen LogP contribution in [0.3, 0.4) is 0 Å². The third-order valence-corrected chi connectivity index (χ3v) is 2.70. The van der Waals surface area contributed by atoms with Gasteiger partial charge in [-0.3, -0.25) is 4.79 Å². The summed E-state index contributed by atoms with van der Waals surface area (Å²) in [5.74, 6) is 1.46. The highest BCUT2D eigenvalue weighted by Gasteiger charge is 2.08. The van der Waals surface area contributed by atoms with Crippen LogP contribution in [0.25, 0.3) is 0 Å². The molecule has 0 radical (unpaired) electrons. The summed E-state index contributed by atoms with van der Waals surface area (Å²) in [4.78, 5) is 15.8. The molecule has 0 bridgehead atoms. The maximum atomic E-state index is 11.5. The number of aryl methyl sites for hydroxylation is 1. The maximum absolute atomic E-state index is 11.5. The van der Waals surface area contributed by atoms with Crippen LogP contribution in [0, 0.1) is 0 Å². The average molecular weight is 247 g/mol. The van der Waals surface area contributed by atoms with Gasteiger partial charge in [0.15, 0.2) is 11.6 Å². The van der Waals surface area contributed by atoms with Crippen LogP contribution in [0.1, 0.15) is 48.8 Å². The van der Waals surface area contributed by atoms with E-state index in [1.165, 1.54) is 0 Å². The summed E-state index contributed by atoms with van der Waals surface area (Å²) in [5.41, 5.74) is 0.728. The first-order valence-corrected chi connectivity index (χ1v) is 6.23. The second kappa shape index (κ2) is 5.62. The molecular weight excluding hydrogens is 230 g/mol. The van der Waals surface area contributed by atoms with Crippen molar-refractivity contribution < 1.29 is 9.32 Å². The summed E-state index contributed by atoms with van der Waals surface area (Å²) in [5, 5.41) is 3.89. The van der Waals surface area contributed by atoms with Gasteiger partial charge in [-0.15, -0.1) is 0 Å². The first-order chi connectivity index (χ1) is 8.72. The molecule has 0 amide bonds. The van der Waals surface area contributed by atoms with Crippen LogP contribution in [-0.4, -0.2) is 20.5 Å². The van der Waals surface area contributed by atoms with E-state index in [2.05, 4.69) is 17.1 Å². The summed E-state index contributed by atoms with van der Waals surface area (Å²) in [6, 6.07) is 1.81. The highest BCUT2D eigenvalue weighted by atomic mass is 16.5. The van der Waals surface area contributed by atoms with E-state index >= 15 is 0 Å². The third kappa shape index (κ3) is 2.85. The fraction of sp³-hybridized carbons (Fsp3) is 0.462. The molecule has 0 aliphatic heterocycles. The van der Waals surface area contributed by atoms with Crippen LogP contribution < -0.4 is 0 Å². The van der Waals surface area contributed by atoms with Crippen LogP contribution in [0.4, 0.5) is 0 Å². The first kappa shape index (κ1) is 12.5. The van der Waals surface area contributed by atoms with Crippen molar-refractivity contribution in [2.45, 2.75) is 39.7 Å². The average Bonchev–Trinajstić information content (AvgIpc) is 2.99. The number of nitrogens with zero attached hydrogens (tertiary/aromatic N) is 3. The summed E-state index contributed by atoms with van der Waals surface area (Å²) >= 11 is 0. The van der Waals surface area contributed by atoms with E-state index < -0.39 is 0 Å². The Morgan fingerprint density at radius 3 is 3.00 bits per heavy atom. The Balaban J connectivity index is 2.04. The van der Waals surface area contributed by atoms with E-state index in [9.17, 15) is 4.79 Å². The van der Waals surface area contributed by atoms with Gasteiger partial charge in [-0.05, 0) is 12.5 Å². The van der Waals surface area contributed by atoms with Crippen LogP contribution in [0.2, 0.25) is 0 Å². The standard InChI is InChI=1S/C13H17N3O2/c1-3-5-12-14-13(18-15-12)9-16-7-6-10(8-16)11(17)4-2/h6-8H,3-5,9H2,1-2H3. The number of hydrogen-bond acceptors (Lipinski definition) is 4. The maximum Gasteiger partial charge on any atom is 0.246 e. The molecule has 2 heterocycles. The molecule has 2 aromatic heterocycles. The molecule has 5 nitrogen and oxygen atoms in total. The molecule has 0 spiro atoms. The Hall–Kier alpha value is -1.91. The molecule has 5 heteroatoms. The van der Waals surface area contributed by atoms with Crippen molar-refractivity contribution in [3.8, 4) is 0 Å². The fourth-order valence-electron chi connectivity index (χ4n) is 1.74. The van der Waals surface area contributed by atoms with Gasteiger partial charge in [0, 0.05) is 30.8 Å². The van der Waals surface area contributed by atoms with Gasteiger partial charge in [0.2, 0.25) is 5.89 Å². The lowest BCUT2D eigenvalue weighted by atomic mass is 10.2. The van der Waals surface area contributed by atoms with Gasteiger partial charge in [-0.25, -0.2) is 0 Å². The monoisotopic (exact) mass is 247 g/mol. The molecule has 18 heavy (non-hydrogen) atoms. The van der Waals surface area contributed by atoms with Gasteiger partial charge in [-0.1, -0.05) is 19.0 Å². The highest BCUT2D eigenvalue weighted by Crippen LogP contribution is 2.08. The van der Waals surface area contributed by atoms with Crippen LogP contribution >= 0.6 is 0 Å². The van der Waals surface area contributed by atoms with Gasteiger partial charge < -0.3 is 9.09 Å². The van der Waals surface area contributed by atoms with Crippen molar-refractivity contribution in [3.63, 3.8) is 0 Å². The summed E-state index contributed by atoms with van der Waals surface area (Å²) in [6.45, 7) is 4.44. The van der Waals surface area contributed by atoms with Crippen LogP contribution in [0.5, 0.6) is 0 Å². The number of Topliss-reactive ketones (excluding diaryl/α,β-unsaturated/α-hetero) is 1. The van der Waals surface area contributed by atoms with Crippen LogP contribution in [-0.2, 0) is 13.0 Å². The zero-order chi connectivity index (χ0) is 13.0. The summed E-state index contributed by atoms with van der Waals surface area (Å²) in [7, 11) is 0.